The van der Waals surface area contributed by atoms with Gasteiger partial charge in [-0.3, -0.25) is 0 Å². The highest BCUT2D eigenvalue weighted by Crippen LogP contribution is 2.34. The first-order valence-electron chi connectivity index (χ1n) is 14.8. The first-order valence-corrected chi connectivity index (χ1v) is 14.8. The van der Waals surface area contributed by atoms with Gasteiger partial charge in [0, 0.05) is 6.61 Å². The minimum Gasteiger partial charge on any atom is -0.479 e. The van der Waals surface area contributed by atoms with Crippen molar-refractivity contribution in [1.82, 2.24) is 0 Å². The van der Waals surface area contributed by atoms with E-state index in [4.69, 9.17) is 28.4 Å². The van der Waals surface area contributed by atoms with Crippen LogP contribution < -0.4 is 0 Å². The monoisotopic (exact) mass is 610 g/mol. The summed E-state index contributed by atoms with van der Waals surface area (Å²) in [4.78, 5) is 12.1. The van der Waals surface area contributed by atoms with Crippen LogP contribution >= 0.6 is 0 Å². The van der Waals surface area contributed by atoms with Crippen molar-refractivity contribution in [3.63, 3.8) is 0 Å². The molecule has 0 bridgehead atoms. The lowest BCUT2D eigenvalue weighted by molar-refractivity contribution is -0.356. The molecule has 0 aromatic carbocycles. The van der Waals surface area contributed by atoms with Crippen molar-refractivity contribution >= 4 is 5.97 Å². The van der Waals surface area contributed by atoms with E-state index < -0.39 is 105 Å². The Kier molecular flexibility index (Phi) is 12.3. The third-order valence-corrected chi connectivity index (χ3v) is 8.75. The molecule has 0 aromatic heterocycles. The van der Waals surface area contributed by atoms with Gasteiger partial charge in [-0.05, 0) is 25.7 Å². The predicted molar refractivity (Wildman–Crippen MR) is 139 cm³/mol. The summed E-state index contributed by atoms with van der Waals surface area (Å²) >= 11 is 0. The number of carbonyl (C=O) groups is 1. The lowest BCUT2D eigenvalue weighted by Gasteiger charge is -2.47. The van der Waals surface area contributed by atoms with Crippen molar-refractivity contribution in [3.8, 4) is 0 Å². The van der Waals surface area contributed by atoms with Crippen LogP contribution in [0.1, 0.15) is 51.9 Å². The molecule has 0 spiro atoms. The fourth-order valence-corrected chi connectivity index (χ4v) is 6.22. The average molecular weight is 611 g/mol. The largest absolute Gasteiger partial charge is 0.479 e. The maximum absolute atomic E-state index is 12.1. The highest BCUT2D eigenvalue weighted by Gasteiger charge is 2.51. The number of aliphatic carboxylic acids is 1. The van der Waals surface area contributed by atoms with E-state index in [-0.39, 0.29) is 25.4 Å². The molecule has 3 saturated heterocycles. The van der Waals surface area contributed by atoms with Gasteiger partial charge in [-0.1, -0.05) is 32.1 Å². The smallest absolute Gasteiger partial charge is 0.332 e. The molecule has 1 aliphatic carbocycles. The molecule has 8 N–H and O–H groups in total. The second-order valence-corrected chi connectivity index (χ2v) is 11.7. The molecule has 15 heteroatoms. The van der Waals surface area contributed by atoms with Crippen LogP contribution in [0.2, 0.25) is 0 Å². The number of aliphatic hydroxyl groups is 7. The molecule has 9 unspecified atom stereocenters. The molecule has 0 radical (unpaired) electrons. The van der Waals surface area contributed by atoms with Gasteiger partial charge in [-0.15, -0.1) is 0 Å². The Hall–Kier alpha value is -1.05. The van der Waals surface area contributed by atoms with Crippen LogP contribution in [-0.2, 0) is 33.2 Å². The Balaban J connectivity index is 1.49. The Morgan fingerprint density at radius 2 is 1.45 bits per heavy atom. The second-order valence-electron chi connectivity index (χ2n) is 11.7. The molecule has 0 aromatic rings. The van der Waals surface area contributed by atoms with Gasteiger partial charge in [-0.25, -0.2) is 4.79 Å². The molecule has 4 rings (SSSR count). The normalized spacial score (nSPS) is 44.5. The van der Waals surface area contributed by atoms with Crippen molar-refractivity contribution in [2.45, 2.75) is 138 Å². The van der Waals surface area contributed by atoms with Gasteiger partial charge in [0.15, 0.2) is 18.7 Å². The van der Waals surface area contributed by atoms with Gasteiger partial charge in [0.25, 0.3) is 0 Å². The molecular formula is C27H46O15. The molecule has 4 aliphatic rings. The van der Waals surface area contributed by atoms with Crippen LogP contribution in [0.3, 0.4) is 0 Å². The zero-order valence-corrected chi connectivity index (χ0v) is 23.7. The zero-order chi connectivity index (χ0) is 30.6. The molecule has 4 fully saturated rings. The Morgan fingerprint density at radius 3 is 2.10 bits per heavy atom. The van der Waals surface area contributed by atoms with E-state index in [1.54, 1.807) is 0 Å². The maximum Gasteiger partial charge on any atom is 0.332 e. The van der Waals surface area contributed by atoms with E-state index in [9.17, 15) is 45.6 Å². The summed E-state index contributed by atoms with van der Waals surface area (Å²) in [6.07, 6.45) is -13.6. The maximum atomic E-state index is 12.1. The van der Waals surface area contributed by atoms with Crippen LogP contribution in [0, 0.1) is 5.92 Å². The van der Waals surface area contributed by atoms with Crippen LogP contribution in [0.5, 0.6) is 0 Å². The summed E-state index contributed by atoms with van der Waals surface area (Å²) in [6, 6.07) is 0. The lowest BCUT2D eigenvalue weighted by Crippen LogP contribution is -2.63. The Labute approximate surface area is 243 Å². The summed E-state index contributed by atoms with van der Waals surface area (Å²) in [5.74, 6) is -1.11. The lowest BCUT2D eigenvalue weighted by atomic mass is 9.85. The topological polar surface area (TPSA) is 234 Å². The first-order chi connectivity index (χ1) is 20.0. The predicted octanol–water partition coefficient (Wildman–Crippen LogP) is -2.39. The SMILES string of the molecule is CC1O[C@@H](OC2C(CO)OCC[C@H]2O[C@@H]2OC(CO)[C@H](O)C(OC(CC3CCCCC3)C(=O)O)C2O)C(O)C(O)[C@@H]1O. The van der Waals surface area contributed by atoms with Crippen LogP contribution in [0.25, 0.3) is 0 Å². The number of hydrogen-bond donors (Lipinski definition) is 8. The van der Waals surface area contributed by atoms with Crippen molar-refractivity contribution in [2.24, 2.45) is 5.92 Å². The van der Waals surface area contributed by atoms with E-state index in [1.807, 2.05) is 0 Å². The minimum absolute atomic E-state index is 0.110. The third-order valence-electron chi connectivity index (χ3n) is 8.75. The van der Waals surface area contributed by atoms with Gasteiger partial charge >= 0.3 is 5.97 Å². The highest BCUT2D eigenvalue weighted by atomic mass is 16.7. The number of carboxylic acid groups (broad SMARTS) is 1. The summed E-state index contributed by atoms with van der Waals surface area (Å²) in [5.41, 5.74) is 0. The van der Waals surface area contributed by atoms with E-state index >= 15 is 0 Å². The number of rotatable bonds is 11. The van der Waals surface area contributed by atoms with Crippen molar-refractivity contribution < 1.29 is 74.1 Å². The molecular weight excluding hydrogens is 564 g/mol. The summed E-state index contributed by atoms with van der Waals surface area (Å²) in [5, 5.41) is 82.4. The summed E-state index contributed by atoms with van der Waals surface area (Å²) in [7, 11) is 0. The van der Waals surface area contributed by atoms with Gasteiger partial charge in [-0.2, -0.15) is 0 Å². The van der Waals surface area contributed by atoms with Crippen LogP contribution in [0.15, 0.2) is 0 Å². The Bertz CT molecular complexity index is 842. The van der Waals surface area contributed by atoms with Gasteiger partial charge in [0.2, 0.25) is 0 Å². The molecule has 14 atom stereocenters. The fraction of sp³-hybridized carbons (Fsp3) is 0.963. The summed E-state index contributed by atoms with van der Waals surface area (Å²) < 4.78 is 34.5. The first kappa shape index (κ1) is 33.8. The summed E-state index contributed by atoms with van der Waals surface area (Å²) in [6.45, 7) is 0.393. The molecule has 1 saturated carbocycles. The highest BCUT2D eigenvalue weighted by molar-refractivity contribution is 5.72. The van der Waals surface area contributed by atoms with E-state index in [0.29, 0.717) is 0 Å². The molecule has 42 heavy (non-hydrogen) atoms. The minimum atomic E-state index is -1.68. The van der Waals surface area contributed by atoms with E-state index in [0.717, 1.165) is 32.1 Å². The average Bonchev–Trinajstić information content (AvgIpc) is 2.98. The molecule has 15 nitrogen and oxygen atoms in total. The van der Waals surface area contributed by atoms with Crippen LogP contribution in [-0.4, -0.2) is 152 Å². The second kappa shape index (κ2) is 15.3. The van der Waals surface area contributed by atoms with Gasteiger partial charge < -0.3 is 69.3 Å². The standard InChI is InChI=1S/C27H46O15/c1-12-18(30)20(32)21(33)26(38-12)42-23-14(7-8-37-17(23)11-29)40-27-22(34)24(19(31)16(10-28)41-27)39-15(25(35)36)9-13-5-3-2-4-6-13/h12-24,26-34H,2-11H2,1H3,(H,35,36)/t12?,14-,15?,16?,17?,18-,19+,20?,21?,22?,23?,24?,26+,27-/m1/s1. The molecule has 0 amide bonds. The van der Waals surface area contributed by atoms with Gasteiger partial charge in [0.1, 0.15) is 54.9 Å². The number of ether oxygens (including phenoxy) is 6. The van der Waals surface area contributed by atoms with Gasteiger partial charge in [0.05, 0.1) is 25.4 Å². The van der Waals surface area contributed by atoms with Crippen molar-refractivity contribution in [3.05, 3.63) is 0 Å². The number of aliphatic hydroxyl groups excluding tert-OH is 7. The van der Waals surface area contributed by atoms with Crippen LogP contribution in [0.4, 0.5) is 0 Å². The van der Waals surface area contributed by atoms with E-state index in [1.165, 1.54) is 6.92 Å². The molecule has 3 aliphatic heterocycles. The van der Waals surface area contributed by atoms with E-state index in [2.05, 4.69) is 0 Å². The number of hydrogen-bond acceptors (Lipinski definition) is 14. The third kappa shape index (κ3) is 7.77. The molecule has 244 valence electrons. The zero-order valence-electron chi connectivity index (χ0n) is 23.7. The van der Waals surface area contributed by atoms with Crippen molar-refractivity contribution in [2.75, 3.05) is 19.8 Å². The molecule has 3 heterocycles. The quantitative estimate of drug-likeness (QED) is 0.122. The Morgan fingerprint density at radius 1 is 0.786 bits per heavy atom. The van der Waals surface area contributed by atoms with Crippen molar-refractivity contribution in [1.29, 1.82) is 0 Å². The number of carboxylic acids is 1. The fourth-order valence-electron chi connectivity index (χ4n) is 6.22.